The molecule has 14 heavy (non-hydrogen) atoms. The first-order valence-corrected chi connectivity index (χ1v) is 4.15. The van der Waals surface area contributed by atoms with Gasteiger partial charge in [0, 0.05) is 0 Å². The second-order valence-electron chi connectivity index (χ2n) is 3.21. The van der Waals surface area contributed by atoms with Crippen LogP contribution >= 0.6 is 0 Å². The number of rotatable bonds is 2. The van der Waals surface area contributed by atoms with Gasteiger partial charge in [0.25, 0.3) is 0 Å². The molecule has 0 unspecified atom stereocenters. The number of ether oxygens (including phenoxy) is 1. The van der Waals surface area contributed by atoms with E-state index in [1.807, 2.05) is 0 Å². The highest BCUT2D eigenvalue weighted by Gasteiger charge is 2.45. The Bertz CT molecular complexity index is 187. The summed E-state index contributed by atoms with van der Waals surface area (Å²) in [4.78, 5) is 0. The van der Waals surface area contributed by atoms with E-state index in [-0.39, 0.29) is 0 Å². The minimum absolute atomic E-state index is 0.683. The lowest BCUT2D eigenvalue weighted by atomic mass is 9.96. The first-order chi connectivity index (χ1) is 6.49. The van der Waals surface area contributed by atoms with Crippen molar-refractivity contribution in [2.45, 2.75) is 36.8 Å². The van der Waals surface area contributed by atoms with Crippen molar-refractivity contribution in [3.05, 3.63) is 0 Å². The maximum absolute atomic E-state index is 9.31. The molecular formula is C7H14O7. The summed E-state index contributed by atoms with van der Waals surface area (Å²) < 4.78 is 4.62. The molecule has 0 spiro atoms. The van der Waals surface area contributed by atoms with Gasteiger partial charge >= 0.3 is 0 Å². The third kappa shape index (κ3) is 2.04. The molecule has 0 aromatic rings. The Morgan fingerprint density at radius 3 is 2.07 bits per heavy atom. The highest BCUT2D eigenvalue weighted by molar-refractivity contribution is 4.91. The Morgan fingerprint density at radius 1 is 1.00 bits per heavy atom. The molecule has 0 aliphatic carbocycles. The topological polar surface area (TPSA) is 131 Å². The van der Waals surface area contributed by atoms with Crippen molar-refractivity contribution >= 4 is 0 Å². The van der Waals surface area contributed by atoms with Gasteiger partial charge in [0.1, 0.15) is 30.5 Å². The summed E-state index contributed by atoms with van der Waals surface area (Å²) in [5.41, 5.74) is 0. The lowest BCUT2D eigenvalue weighted by Gasteiger charge is -2.39. The van der Waals surface area contributed by atoms with Crippen molar-refractivity contribution in [1.29, 1.82) is 0 Å². The molecule has 84 valence electrons. The van der Waals surface area contributed by atoms with Crippen LogP contribution in [0.3, 0.4) is 0 Å². The van der Waals surface area contributed by atoms with Gasteiger partial charge in [-0.2, -0.15) is 0 Å². The van der Waals surface area contributed by atoms with Gasteiger partial charge in [0.2, 0.25) is 0 Å². The lowest BCUT2D eigenvalue weighted by molar-refractivity contribution is -0.298. The molecular weight excluding hydrogens is 196 g/mol. The van der Waals surface area contributed by atoms with E-state index in [1.165, 1.54) is 0 Å². The van der Waals surface area contributed by atoms with Gasteiger partial charge in [-0.15, -0.1) is 0 Å². The normalized spacial score (nSPS) is 46.3. The zero-order valence-corrected chi connectivity index (χ0v) is 7.26. The van der Waals surface area contributed by atoms with Crippen molar-refractivity contribution in [2.75, 3.05) is 6.61 Å². The maximum atomic E-state index is 9.31. The molecule has 0 radical (unpaired) electrons. The minimum Gasteiger partial charge on any atom is -0.394 e. The minimum atomic E-state index is -1.69. The third-order valence-electron chi connectivity index (χ3n) is 2.19. The van der Waals surface area contributed by atoms with Gasteiger partial charge < -0.3 is 35.4 Å². The summed E-state index contributed by atoms with van der Waals surface area (Å²) >= 11 is 0. The number of aliphatic hydroxyl groups excluding tert-OH is 6. The van der Waals surface area contributed by atoms with Gasteiger partial charge in [0.05, 0.1) is 6.61 Å². The van der Waals surface area contributed by atoms with E-state index in [0.717, 1.165) is 0 Å². The van der Waals surface area contributed by atoms with Gasteiger partial charge in [-0.25, -0.2) is 0 Å². The fourth-order valence-corrected chi connectivity index (χ4v) is 1.31. The Morgan fingerprint density at radius 2 is 1.57 bits per heavy atom. The SMILES string of the molecule is OC[C@@H](O)[C@@H]1O[C@@H](O)[C@@H](O)[C@H](O)[C@H]1O. The van der Waals surface area contributed by atoms with Gasteiger partial charge in [-0.1, -0.05) is 0 Å². The molecule has 6 atom stereocenters. The number of hydrogen-bond acceptors (Lipinski definition) is 7. The van der Waals surface area contributed by atoms with Gasteiger partial charge in [-0.05, 0) is 0 Å². The molecule has 0 amide bonds. The smallest absolute Gasteiger partial charge is 0.184 e. The van der Waals surface area contributed by atoms with E-state index in [2.05, 4.69) is 4.74 Å². The molecule has 7 heteroatoms. The predicted molar refractivity (Wildman–Crippen MR) is 42.0 cm³/mol. The molecule has 0 aromatic carbocycles. The molecule has 0 aromatic heterocycles. The number of aliphatic hydroxyl groups is 6. The van der Waals surface area contributed by atoms with Crippen LogP contribution in [0.15, 0.2) is 0 Å². The summed E-state index contributed by atoms with van der Waals surface area (Å²) in [7, 11) is 0. The van der Waals surface area contributed by atoms with Crippen LogP contribution in [-0.4, -0.2) is 74.1 Å². The molecule has 1 aliphatic heterocycles. The van der Waals surface area contributed by atoms with Crippen molar-refractivity contribution < 1.29 is 35.4 Å². The van der Waals surface area contributed by atoms with E-state index in [0.29, 0.717) is 0 Å². The molecule has 0 bridgehead atoms. The van der Waals surface area contributed by atoms with Crippen LogP contribution in [0, 0.1) is 0 Å². The molecule has 1 fully saturated rings. The van der Waals surface area contributed by atoms with E-state index in [9.17, 15) is 10.2 Å². The molecule has 0 saturated carbocycles. The van der Waals surface area contributed by atoms with Gasteiger partial charge in [0.15, 0.2) is 6.29 Å². The van der Waals surface area contributed by atoms with Crippen molar-refractivity contribution in [3.8, 4) is 0 Å². The zero-order valence-electron chi connectivity index (χ0n) is 7.26. The van der Waals surface area contributed by atoms with Crippen LogP contribution in [0.5, 0.6) is 0 Å². The first kappa shape index (κ1) is 11.8. The van der Waals surface area contributed by atoms with E-state index >= 15 is 0 Å². The summed E-state index contributed by atoms with van der Waals surface area (Å²) in [6, 6.07) is 0. The second-order valence-corrected chi connectivity index (χ2v) is 3.21. The van der Waals surface area contributed by atoms with Crippen LogP contribution in [0.1, 0.15) is 0 Å². The highest BCUT2D eigenvalue weighted by Crippen LogP contribution is 2.21. The second kappa shape index (κ2) is 4.49. The summed E-state index contributed by atoms with van der Waals surface area (Å²) in [5.74, 6) is 0. The predicted octanol–water partition coefficient (Wildman–Crippen LogP) is -3.86. The monoisotopic (exact) mass is 210 g/mol. The summed E-state index contributed by atoms with van der Waals surface area (Å²) in [6.45, 7) is -0.683. The quantitative estimate of drug-likeness (QED) is 0.275. The molecule has 7 nitrogen and oxygen atoms in total. The van der Waals surface area contributed by atoms with Crippen molar-refractivity contribution in [2.24, 2.45) is 0 Å². The molecule has 6 N–H and O–H groups in total. The fourth-order valence-electron chi connectivity index (χ4n) is 1.31. The van der Waals surface area contributed by atoms with Gasteiger partial charge in [-0.3, -0.25) is 0 Å². The Kier molecular flexibility index (Phi) is 3.78. The molecule has 1 saturated heterocycles. The average molecular weight is 210 g/mol. The Balaban J connectivity index is 2.70. The lowest BCUT2D eigenvalue weighted by Crippen LogP contribution is -2.61. The van der Waals surface area contributed by atoms with Crippen LogP contribution in [0.25, 0.3) is 0 Å². The first-order valence-electron chi connectivity index (χ1n) is 4.15. The molecule has 1 rings (SSSR count). The Hall–Kier alpha value is -0.280. The molecule has 1 aliphatic rings. The van der Waals surface area contributed by atoms with E-state index < -0.39 is 43.4 Å². The largest absolute Gasteiger partial charge is 0.394 e. The number of hydrogen-bond donors (Lipinski definition) is 6. The average Bonchev–Trinajstić information content (AvgIpc) is 2.19. The van der Waals surface area contributed by atoms with Crippen molar-refractivity contribution in [1.82, 2.24) is 0 Å². The molecule has 1 heterocycles. The highest BCUT2D eigenvalue weighted by atomic mass is 16.6. The van der Waals surface area contributed by atoms with Crippen LogP contribution in [0.2, 0.25) is 0 Å². The van der Waals surface area contributed by atoms with E-state index in [1.54, 1.807) is 0 Å². The standard InChI is InChI=1S/C7H14O7/c8-1-2(9)6-4(11)3(10)5(12)7(13)14-6/h2-13H,1H2/t2-,3-,4-,5+,6+,7-/m1/s1. The van der Waals surface area contributed by atoms with Crippen LogP contribution in [0.4, 0.5) is 0 Å². The fraction of sp³-hybridized carbons (Fsp3) is 1.00. The summed E-state index contributed by atoms with van der Waals surface area (Å²) in [5, 5.41) is 54.3. The third-order valence-corrected chi connectivity index (χ3v) is 2.19. The van der Waals surface area contributed by atoms with Crippen LogP contribution in [-0.2, 0) is 4.74 Å². The van der Waals surface area contributed by atoms with Crippen LogP contribution < -0.4 is 0 Å². The van der Waals surface area contributed by atoms with Crippen molar-refractivity contribution in [3.63, 3.8) is 0 Å². The Labute approximate surface area is 79.8 Å². The zero-order chi connectivity index (χ0) is 10.9. The summed E-state index contributed by atoms with van der Waals surface area (Å²) in [6.07, 6.45) is -9.26. The van der Waals surface area contributed by atoms with E-state index in [4.69, 9.17) is 20.4 Å². The maximum Gasteiger partial charge on any atom is 0.184 e.